The molecule has 0 aliphatic heterocycles. The highest BCUT2D eigenvalue weighted by Crippen LogP contribution is 2.25. The fourth-order valence-corrected chi connectivity index (χ4v) is 3.54. The van der Waals surface area contributed by atoms with E-state index >= 15 is 0 Å². The molecule has 2 N–H and O–H groups in total. The molecule has 0 aromatic heterocycles. The van der Waals surface area contributed by atoms with Crippen LogP contribution in [0.15, 0.2) is 72.8 Å². The molecule has 0 bridgehead atoms. The van der Waals surface area contributed by atoms with E-state index in [9.17, 15) is 14.0 Å². The Morgan fingerprint density at radius 2 is 1.55 bits per heavy atom. The quantitative estimate of drug-likeness (QED) is 0.472. The first-order valence-corrected chi connectivity index (χ1v) is 10.9. The Morgan fingerprint density at radius 3 is 2.18 bits per heavy atom. The van der Waals surface area contributed by atoms with Crippen molar-refractivity contribution in [2.75, 3.05) is 36.2 Å². The van der Waals surface area contributed by atoms with Crippen molar-refractivity contribution in [1.29, 1.82) is 0 Å². The first-order chi connectivity index (χ1) is 15.9. The second kappa shape index (κ2) is 11.1. The minimum absolute atomic E-state index is 0.165. The van der Waals surface area contributed by atoms with E-state index in [0.717, 1.165) is 17.7 Å². The summed E-state index contributed by atoms with van der Waals surface area (Å²) in [5.41, 5.74) is 3.58. The maximum Gasteiger partial charge on any atom is 0.323 e. The lowest BCUT2D eigenvalue weighted by molar-refractivity contribution is 0.0743. The lowest BCUT2D eigenvalue weighted by Crippen LogP contribution is -2.32. The fourth-order valence-electron chi connectivity index (χ4n) is 3.54. The molecule has 3 aromatic carbocycles. The average molecular weight is 449 g/mol. The number of benzene rings is 3. The summed E-state index contributed by atoms with van der Waals surface area (Å²) in [5.74, 6) is -0.544. The third-order valence-electron chi connectivity index (χ3n) is 5.08. The van der Waals surface area contributed by atoms with Crippen LogP contribution in [-0.2, 0) is 6.54 Å². The Bertz CT molecular complexity index is 1090. The largest absolute Gasteiger partial charge is 0.377 e. The van der Waals surface area contributed by atoms with Crippen LogP contribution in [0.25, 0.3) is 0 Å². The number of amides is 3. The van der Waals surface area contributed by atoms with E-state index in [0.29, 0.717) is 30.0 Å². The highest BCUT2D eigenvalue weighted by molar-refractivity contribution is 6.00. The molecule has 6 nitrogen and oxygen atoms in total. The number of carbonyl (C=O) groups is 2. The number of halogens is 1. The number of hydrogen-bond donors (Lipinski definition) is 2. The first-order valence-electron chi connectivity index (χ1n) is 10.9. The van der Waals surface area contributed by atoms with E-state index in [2.05, 4.69) is 10.6 Å². The van der Waals surface area contributed by atoms with Gasteiger partial charge in [0.25, 0.3) is 5.91 Å². The van der Waals surface area contributed by atoms with Gasteiger partial charge >= 0.3 is 6.03 Å². The molecule has 0 heterocycles. The van der Waals surface area contributed by atoms with Gasteiger partial charge in [-0.25, -0.2) is 9.18 Å². The molecular weight excluding hydrogens is 419 g/mol. The average Bonchev–Trinajstić information content (AvgIpc) is 2.79. The summed E-state index contributed by atoms with van der Waals surface area (Å²) < 4.78 is 13.3. The van der Waals surface area contributed by atoms with Gasteiger partial charge in [0, 0.05) is 49.8 Å². The Kier molecular flexibility index (Phi) is 8.02. The van der Waals surface area contributed by atoms with E-state index < -0.39 is 0 Å². The molecule has 0 spiro atoms. The Labute approximate surface area is 194 Å². The summed E-state index contributed by atoms with van der Waals surface area (Å²) in [6.45, 7) is 2.91. The predicted molar refractivity (Wildman–Crippen MR) is 131 cm³/mol. The van der Waals surface area contributed by atoms with Crippen LogP contribution in [-0.4, -0.2) is 37.5 Å². The van der Waals surface area contributed by atoms with Crippen molar-refractivity contribution >= 4 is 29.0 Å². The molecule has 3 amide bonds. The zero-order chi connectivity index (χ0) is 23.8. The third kappa shape index (κ3) is 6.55. The van der Waals surface area contributed by atoms with E-state index in [1.165, 1.54) is 24.3 Å². The Hall–Kier alpha value is -3.87. The molecule has 0 fully saturated rings. The number of hydrogen-bond acceptors (Lipinski definition) is 3. The van der Waals surface area contributed by atoms with Crippen molar-refractivity contribution in [2.24, 2.45) is 0 Å². The summed E-state index contributed by atoms with van der Waals surface area (Å²) in [6, 6.07) is 20.0. The number of urea groups is 1. The van der Waals surface area contributed by atoms with Crippen LogP contribution in [0, 0.1) is 5.82 Å². The van der Waals surface area contributed by atoms with Crippen LogP contribution in [0.1, 0.15) is 29.3 Å². The number of rotatable bonds is 8. The predicted octanol–water partition coefficient (Wildman–Crippen LogP) is 5.59. The normalized spacial score (nSPS) is 10.4. The van der Waals surface area contributed by atoms with Crippen LogP contribution < -0.4 is 15.5 Å². The number of para-hydroxylation sites is 1. The van der Waals surface area contributed by atoms with Crippen molar-refractivity contribution < 1.29 is 14.0 Å². The third-order valence-corrected chi connectivity index (χ3v) is 5.08. The van der Waals surface area contributed by atoms with Gasteiger partial charge in [0.1, 0.15) is 5.82 Å². The van der Waals surface area contributed by atoms with Crippen LogP contribution in [0.5, 0.6) is 0 Å². The van der Waals surface area contributed by atoms with Crippen LogP contribution in [0.3, 0.4) is 0 Å². The smallest absolute Gasteiger partial charge is 0.323 e. The molecule has 0 saturated heterocycles. The maximum absolute atomic E-state index is 13.3. The first kappa shape index (κ1) is 23.8. The van der Waals surface area contributed by atoms with E-state index in [1.807, 2.05) is 74.4 Å². The topological polar surface area (TPSA) is 64.7 Å². The van der Waals surface area contributed by atoms with Crippen molar-refractivity contribution in [3.63, 3.8) is 0 Å². The van der Waals surface area contributed by atoms with Crippen LogP contribution in [0.4, 0.5) is 26.2 Å². The van der Waals surface area contributed by atoms with Gasteiger partial charge in [-0.05, 0) is 66.6 Å². The highest BCUT2D eigenvalue weighted by Gasteiger charge is 2.18. The molecule has 172 valence electrons. The summed E-state index contributed by atoms with van der Waals surface area (Å²) in [6.07, 6.45) is 0.779. The molecule has 0 aliphatic carbocycles. The lowest BCUT2D eigenvalue weighted by Gasteiger charge is -2.26. The number of carbonyl (C=O) groups excluding carboxylic acids is 2. The zero-order valence-electron chi connectivity index (χ0n) is 19.1. The van der Waals surface area contributed by atoms with Gasteiger partial charge in [0.15, 0.2) is 0 Å². The van der Waals surface area contributed by atoms with Gasteiger partial charge in [-0.1, -0.05) is 25.1 Å². The van der Waals surface area contributed by atoms with Crippen LogP contribution in [0.2, 0.25) is 0 Å². The molecule has 0 aliphatic rings. The number of nitrogens with one attached hydrogen (secondary N) is 2. The molecule has 3 rings (SSSR count). The number of nitrogens with zero attached hydrogens (tertiary/aromatic N) is 2. The fraction of sp³-hybridized carbons (Fsp3) is 0.231. The van der Waals surface area contributed by atoms with Gasteiger partial charge in [0.05, 0.1) is 0 Å². The zero-order valence-corrected chi connectivity index (χ0v) is 19.1. The monoisotopic (exact) mass is 448 g/mol. The second-order valence-electron chi connectivity index (χ2n) is 7.92. The molecule has 0 atom stereocenters. The summed E-state index contributed by atoms with van der Waals surface area (Å²) in [7, 11) is 3.86. The SMILES string of the molecule is CCCN(Cc1cc(NC(=O)Nc2ccccc2)ccc1N(C)C)C(=O)c1ccc(F)cc1. The van der Waals surface area contributed by atoms with Gasteiger partial charge in [-0.2, -0.15) is 0 Å². The van der Waals surface area contributed by atoms with Gasteiger partial charge in [0.2, 0.25) is 0 Å². The van der Waals surface area contributed by atoms with Crippen molar-refractivity contribution in [1.82, 2.24) is 4.90 Å². The van der Waals surface area contributed by atoms with Crippen molar-refractivity contribution in [3.8, 4) is 0 Å². The standard InChI is InChI=1S/C26H29FN4O2/c1-4-16-31(25(32)19-10-12-21(27)13-11-19)18-20-17-23(14-15-24(20)30(2)3)29-26(33)28-22-8-6-5-7-9-22/h5-15,17H,4,16,18H2,1-3H3,(H2,28,29,33). The van der Waals surface area contributed by atoms with Gasteiger partial charge in [-0.15, -0.1) is 0 Å². The minimum atomic E-state index is -0.379. The molecule has 0 unspecified atom stereocenters. The molecule has 0 radical (unpaired) electrons. The maximum atomic E-state index is 13.3. The van der Waals surface area contributed by atoms with E-state index in [1.54, 1.807) is 4.90 Å². The van der Waals surface area contributed by atoms with Crippen LogP contribution >= 0.6 is 0 Å². The lowest BCUT2D eigenvalue weighted by atomic mass is 10.1. The van der Waals surface area contributed by atoms with Crippen molar-refractivity contribution in [3.05, 3.63) is 89.7 Å². The molecule has 33 heavy (non-hydrogen) atoms. The van der Waals surface area contributed by atoms with Gasteiger partial charge < -0.3 is 20.4 Å². The Morgan fingerprint density at radius 1 is 0.879 bits per heavy atom. The highest BCUT2D eigenvalue weighted by atomic mass is 19.1. The Balaban J connectivity index is 1.82. The molecule has 7 heteroatoms. The summed E-state index contributed by atoms with van der Waals surface area (Å²) in [5, 5.41) is 5.65. The van der Waals surface area contributed by atoms with E-state index in [-0.39, 0.29) is 17.8 Å². The summed E-state index contributed by atoms with van der Waals surface area (Å²) in [4.78, 5) is 29.2. The second-order valence-corrected chi connectivity index (χ2v) is 7.92. The molecule has 3 aromatic rings. The van der Waals surface area contributed by atoms with Gasteiger partial charge in [-0.3, -0.25) is 4.79 Å². The van der Waals surface area contributed by atoms with Crippen molar-refractivity contribution in [2.45, 2.75) is 19.9 Å². The summed E-state index contributed by atoms with van der Waals surface area (Å²) >= 11 is 0. The number of anilines is 3. The minimum Gasteiger partial charge on any atom is -0.377 e. The van der Waals surface area contributed by atoms with E-state index in [4.69, 9.17) is 0 Å². The molecule has 0 saturated carbocycles. The molecular formula is C26H29FN4O2.